The van der Waals surface area contributed by atoms with Gasteiger partial charge < -0.3 is 4.90 Å². The van der Waals surface area contributed by atoms with E-state index in [4.69, 9.17) is 0 Å². The summed E-state index contributed by atoms with van der Waals surface area (Å²) in [6.07, 6.45) is -0.596. The molecule has 1 N–H and O–H groups in total. The minimum atomic E-state index is -4.39. The maximum Gasteiger partial charge on any atom is 0.417 e. The Labute approximate surface area is 182 Å². The Morgan fingerprint density at radius 1 is 1.09 bits per heavy atom. The molecule has 0 aliphatic carbocycles. The molecule has 0 bridgehead atoms. The van der Waals surface area contributed by atoms with Crippen LogP contribution in [-0.2, 0) is 17.4 Å². The zero-order valence-electron chi connectivity index (χ0n) is 17.4. The fraction of sp³-hybridized carbons (Fsp3) is 0.391. The van der Waals surface area contributed by atoms with Gasteiger partial charge in [0.15, 0.2) is 0 Å². The maximum atomic E-state index is 12.7. The molecule has 6 nitrogen and oxygen atoms in total. The topological polar surface area (TPSA) is 79.0 Å². The number of fused-ring (bicyclic) bond motifs is 1. The van der Waals surface area contributed by atoms with Crippen LogP contribution in [0.3, 0.4) is 0 Å². The largest absolute Gasteiger partial charge is 0.417 e. The van der Waals surface area contributed by atoms with Crippen molar-refractivity contribution in [3.8, 4) is 0 Å². The highest BCUT2D eigenvalue weighted by molar-refractivity contribution is 5.83. The fourth-order valence-electron chi connectivity index (χ4n) is 4.17. The highest BCUT2D eigenvalue weighted by Gasteiger charge is 2.31. The number of hydrogen-bond donors (Lipinski definition) is 1. The number of halogens is 3. The van der Waals surface area contributed by atoms with E-state index in [9.17, 15) is 22.8 Å². The first-order valence-corrected chi connectivity index (χ1v) is 10.6. The molecule has 0 unspecified atom stereocenters. The van der Waals surface area contributed by atoms with Gasteiger partial charge in [0.05, 0.1) is 16.6 Å². The highest BCUT2D eigenvalue weighted by Crippen LogP contribution is 2.31. The minimum Gasteiger partial charge on any atom is -0.343 e. The van der Waals surface area contributed by atoms with Gasteiger partial charge in [0.2, 0.25) is 5.91 Å². The van der Waals surface area contributed by atoms with E-state index in [0.29, 0.717) is 56.3 Å². The molecule has 1 amide bonds. The highest BCUT2D eigenvalue weighted by atomic mass is 19.4. The number of benzene rings is 1. The molecular formula is C23H23F3N4O2. The Balaban J connectivity index is 1.28. The second-order valence-corrected chi connectivity index (χ2v) is 8.02. The first-order chi connectivity index (χ1) is 15.3. The summed E-state index contributed by atoms with van der Waals surface area (Å²) >= 11 is 0. The predicted octanol–water partition coefficient (Wildman–Crippen LogP) is 4.07. The molecule has 0 spiro atoms. The number of aryl methyl sites for hydroxylation is 1. The van der Waals surface area contributed by atoms with Crippen LogP contribution in [-0.4, -0.2) is 39.1 Å². The smallest absolute Gasteiger partial charge is 0.343 e. The lowest BCUT2D eigenvalue weighted by Gasteiger charge is -2.32. The van der Waals surface area contributed by atoms with Crippen LogP contribution in [0.5, 0.6) is 0 Å². The standard InChI is InChI=1S/C23H23F3N4O2/c24-23(25,26)16-8-9-19(27-14-16)15-10-12-30(13-11-15)21(31)7-3-6-20-17-4-1-2-5-18(17)22(32)29-28-20/h1-2,4-5,8-9,14-15H,3,6-7,10-13H2,(H,29,32). The molecule has 4 rings (SSSR count). The van der Waals surface area contributed by atoms with Crippen molar-refractivity contribution in [1.29, 1.82) is 0 Å². The Hall–Kier alpha value is -3.23. The van der Waals surface area contributed by atoms with E-state index >= 15 is 0 Å². The Morgan fingerprint density at radius 3 is 2.47 bits per heavy atom. The van der Waals surface area contributed by atoms with Gasteiger partial charge in [-0.3, -0.25) is 14.6 Å². The van der Waals surface area contributed by atoms with Crippen LogP contribution in [0.15, 0.2) is 47.4 Å². The van der Waals surface area contributed by atoms with Crippen LogP contribution in [0, 0.1) is 0 Å². The summed E-state index contributed by atoms with van der Waals surface area (Å²) < 4.78 is 38.1. The summed E-state index contributed by atoms with van der Waals surface area (Å²) in [5.74, 6) is 0.107. The third-order valence-electron chi connectivity index (χ3n) is 5.96. The van der Waals surface area contributed by atoms with Gasteiger partial charge in [-0.15, -0.1) is 0 Å². The molecule has 0 saturated carbocycles. The molecule has 0 radical (unpaired) electrons. The lowest BCUT2D eigenvalue weighted by atomic mass is 9.92. The number of carbonyl (C=O) groups is 1. The summed E-state index contributed by atoms with van der Waals surface area (Å²) in [6.45, 7) is 1.12. The van der Waals surface area contributed by atoms with E-state index in [1.54, 1.807) is 17.0 Å². The van der Waals surface area contributed by atoms with Crippen LogP contribution in [0.25, 0.3) is 10.8 Å². The second-order valence-electron chi connectivity index (χ2n) is 8.02. The Kier molecular flexibility index (Phi) is 6.25. The van der Waals surface area contributed by atoms with Gasteiger partial charge in [0, 0.05) is 42.7 Å². The third kappa shape index (κ3) is 4.81. The van der Waals surface area contributed by atoms with Crippen molar-refractivity contribution in [2.45, 2.75) is 44.2 Å². The maximum absolute atomic E-state index is 12.7. The normalized spacial score (nSPS) is 15.3. The lowest BCUT2D eigenvalue weighted by Crippen LogP contribution is -2.38. The summed E-state index contributed by atoms with van der Waals surface area (Å²) in [4.78, 5) is 30.3. The van der Waals surface area contributed by atoms with Gasteiger partial charge in [0.25, 0.3) is 5.56 Å². The van der Waals surface area contributed by atoms with Crippen molar-refractivity contribution in [3.63, 3.8) is 0 Å². The number of amides is 1. The number of hydrogen-bond acceptors (Lipinski definition) is 4. The molecule has 1 aromatic carbocycles. The van der Waals surface area contributed by atoms with E-state index in [2.05, 4.69) is 15.2 Å². The van der Waals surface area contributed by atoms with Crippen LogP contribution in [0.4, 0.5) is 13.2 Å². The van der Waals surface area contributed by atoms with E-state index in [1.807, 2.05) is 12.1 Å². The SMILES string of the molecule is O=C(CCCc1n[nH]c(=O)c2ccccc12)N1CCC(c2ccc(C(F)(F)F)cn2)CC1. The van der Waals surface area contributed by atoms with Crippen LogP contribution < -0.4 is 5.56 Å². The molecule has 1 saturated heterocycles. The minimum absolute atomic E-state index is 0.0533. The Bertz CT molecular complexity index is 1150. The summed E-state index contributed by atoms with van der Waals surface area (Å²) in [7, 11) is 0. The van der Waals surface area contributed by atoms with E-state index < -0.39 is 11.7 Å². The number of aromatic nitrogens is 3. The molecule has 9 heteroatoms. The van der Waals surface area contributed by atoms with Crippen LogP contribution in [0.1, 0.15) is 48.6 Å². The zero-order valence-corrected chi connectivity index (χ0v) is 17.4. The van der Waals surface area contributed by atoms with Crippen molar-refractivity contribution in [2.24, 2.45) is 0 Å². The lowest BCUT2D eigenvalue weighted by molar-refractivity contribution is -0.138. The number of H-pyrrole nitrogens is 1. The zero-order chi connectivity index (χ0) is 22.7. The molecule has 1 aliphatic rings. The van der Waals surface area contributed by atoms with E-state index in [1.165, 1.54) is 6.07 Å². The number of likely N-dealkylation sites (tertiary alicyclic amines) is 1. The third-order valence-corrected chi connectivity index (χ3v) is 5.96. The second kappa shape index (κ2) is 9.10. The van der Waals surface area contributed by atoms with Crippen LogP contribution >= 0.6 is 0 Å². The molecule has 32 heavy (non-hydrogen) atoms. The predicted molar refractivity (Wildman–Crippen MR) is 113 cm³/mol. The number of rotatable bonds is 5. The number of pyridine rings is 1. The van der Waals surface area contributed by atoms with Gasteiger partial charge in [-0.2, -0.15) is 18.3 Å². The number of nitrogens with zero attached hydrogens (tertiary/aromatic N) is 3. The summed E-state index contributed by atoms with van der Waals surface area (Å²) in [6, 6.07) is 9.76. The van der Waals surface area contributed by atoms with Crippen molar-refractivity contribution < 1.29 is 18.0 Å². The number of nitrogens with one attached hydrogen (secondary N) is 1. The molecule has 3 heterocycles. The molecule has 1 aliphatic heterocycles. The molecule has 3 aromatic rings. The van der Waals surface area contributed by atoms with Crippen LogP contribution in [0.2, 0.25) is 0 Å². The monoisotopic (exact) mass is 444 g/mol. The molecule has 0 atom stereocenters. The van der Waals surface area contributed by atoms with Gasteiger partial charge in [-0.25, -0.2) is 5.10 Å². The first-order valence-electron chi connectivity index (χ1n) is 10.6. The van der Waals surface area contributed by atoms with Crippen molar-refractivity contribution in [3.05, 3.63) is 69.9 Å². The average Bonchev–Trinajstić information content (AvgIpc) is 2.80. The van der Waals surface area contributed by atoms with Gasteiger partial charge >= 0.3 is 6.18 Å². The average molecular weight is 444 g/mol. The number of aromatic amines is 1. The summed E-state index contributed by atoms with van der Waals surface area (Å²) in [5, 5.41) is 8.03. The fourth-order valence-corrected chi connectivity index (χ4v) is 4.17. The molecule has 168 valence electrons. The van der Waals surface area contributed by atoms with Crippen molar-refractivity contribution in [2.75, 3.05) is 13.1 Å². The summed E-state index contributed by atoms with van der Waals surface area (Å²) in [5.41, 5.74) is 0.422. The molecule has 1 fully saturated rings. The van der Waals surface area contributed by atoms with E-state index in [-0.39, 0.29) is 17.4 Å². The first kappa shape index (κ1) is 22.0. The molecule has 2 aromatic heterocycles. The number of piperidine rings is 1. The van der Waals surface area contributed by atoms with Gasteiger partial charge in [-0.05, 0) is 43.9 Å². The number of carbonyl (C=O) groups excluding carboxylic acids is 1. The van der Waals surface area contributed by atoms with Crippen molar-refractivity contribution >= 4 is 16.7 Å². The van der Waals surface area contributed by atoms with Crippen molar-refractivity contribution in [1.82, 2.24) is 20.1 Å². The molecular weight excluding hydrogens is 421 g/mol. The number of alkyl halides is 3. The van der Waals surface area contributed by atoms with Gasteiger partial charge in [0.1, 0.15) is 0 Å². The van der Waals surface area contributed by atoms with Gasteiger partial charge in [-0.1, -0.05) is 18.2 Å². The Morgan fingerprint density at radius 2 is 1.81 bits per heavy atom. The van der Waals surface area contributed by atoms with E-state index in [0.717, 1.165) is 23.3 Å². The quantitative estimate of drug-likeness (QED) is 0.644.